The minimum Gasteiger partial charge on any atom is -0.344 e. The third-order valence-corrected chi connectivity index (χ3v) is 3.01. The van der Waals surface area contributed by atoms with Crippen molar-refractivity contribution in [1.29, 1.82) is 0 Å². The summed E-state index contributed by atoms with van der Waals surface area (Å²) in [5.74, 6) is 2.43. The molecule has 1 saturated heterocycles. The number of carbonyl (C=O) groups is 1. The van der Waals surface area contributed by atoms with Crippen molar-refractivity contribution >= 4 is 5.91 Å². The molecule has 0 aliphatic carbocycles. The van der Waals surface area contributed by atoms with E-state index < -0.39 is 0 Å². The minimum atomic E-state index is 0.0232. The number of terminal acetylenes is 1. The lowest BCUT2D eigenvalue weighted by molar-refractivity contribution is -0.122. The number of hydrogen-bond acceptors (Lipinski definition) is 3. The van der Waals surface area contributed by atoms with Gasteiger partial charge in [-0.25, -0.2) is 0 Å². The Morgan fingerprint density at radius 1 is 1.56 bits per heavy atom. The first-order chi connectivity index (χ1) is 7.67. The van der Waals surface area contributed by atoms with E-state index in [-0.39, 0.29) is 5.91 Å². The Hall–Kier alpha value is -1.05. The van der Waals surface area contributed by atoms with Gasteiger partial charge in [0.1, 0.15) is 0 Å². The molecule has 0 aromatic rings. The van der Waals surface area contributed by atoms with E-state index in [2.05, 4.69) is 34.9 Å². The van der Waals surface area contributed by atoms with Crippen LogP contribution < -0.4 is 5.32 Å². The molecule has 0 spiro atoms. The lowest BCUT2D eigenvalue weighted by Gasteiger charge is -2.38. The van der Waals surface area contributed by atoms with Gasteiger partial charge in [0.25, 0.3) is 0 Å². The molecule has 1 aliphatic rings. The van der Waals surface area contributed by atoms with Gasteiger partial charge in [-0.05, 0) is 13.5 Å². The summed E-state index contributed by atoms with van der Waals surface area (Å²) in [5, 5.41) is 2.69. The van der Waals surface area contributed by atoms with Crippen LogP contribution in [0.4, 0.5) is 0 Å². The van der Waals surface area contributed by atoms with E-state index in [0.717, 1.165) is 26.2 Å². The highest BCUT2D eigenvalue weighted by atomic mass is 16.2. The predicted molar refractivity (Wildman–Crippen MR) is 65.0 cm³/mol. The Kier molecular flexibility index (Phi) is 5.30. The first kappa shape index (κ1) is 13.0. The second-order valence-electron chi connectivity index (χ2n) is 4.19. The van der Waals surface area contributed by atoms with E-state index >= 15 is 0 Å². The Labute approximate surface area is 98.0 Å². The van der Waals surface area contributed by atoms with E-state index in [1.807, 2.05) is 0 Å². The molecule has 1 N–H and O–H groups in total. The van der Waals surface area contributed by atoms with Gasteiger partial charge in [0.2, 0.25) is 5.91 Å². The van der Waals surface area contributed by atoms with Gasteiger partial charge in [0.15, 0.2) is 0 Å². The number of hydrogen-bond donors (Lipinski definition) is 1. The van der Waals surface area contributed by atoms with Crippen LogP contribution in [0, 0.1) is 12.3 Å². The molecule has 1 fully saturated rings. The highest BCUT2D eigenvalue weighted by molar-refractivity contribution is 5.78. The largest absolute Gasteiger partial charge is 0.344 e. The predicted octanol–water partition coefficient (Wildman–Crippen LogP) is -0.238. The van der Waals surface area contributed by atoms with Gasteiger partial charge in [0, 0.05) is 25.7 Å². The number of likely N-dealkylation sites (N-methyl/N-ethyl adjacent to an activating group) is 1. The average molecular weight is 223 g/mol. The standard InChI is InChI=1S/C12H21N3O/c1-4-6-13-12(16)10-14-7-8-15(5-2)11(3)9-14/h1,11H,5-10H2,2-3H3,(H,13,16). The summed E-state index contributed by atoms with van der Waals surface area (Å²) in [6.45, 7) is 9.20. The van der Waals surface area contributed by atoms with Crippen LogP contribution in [0.15, 0.2) is 0 Å². The number of nitrogens with one attached hydrogen (secondary N) is 1. The first-order valence-corrected chi connectivity index (χ1v) is 5.84. The summed E-state index contributed by atoms with van der Waals surface area (Å²) in [7, 11) is 0. The van der Waals surface area contributed by atoms with Crippen LogP contribution in [0.3, 0.4) is 0 Å². The zero-order valence-electron chi connectivity index (χ0n) is 10.2. The summed E-state index contributed by atoms with van der Waals surface area (Å²) in [6.07, 6.45) is 5.08. The normalized spacial score (nSPS) is 22.7. The summed E-state index contributed by atoms with van der Waals surface area (Å²) in [4.78, 5) is 16.1. The molecule has 0 bridgehead atoms. The van der Waals surface area contributed by atoms with Crippen LogP contribution in [0.5, 0.6) is 0 Å². The highest BCUT2D eigenvalue weighted by Crippen LogP contribution is 2.08. The molecule has 4 nitrogen and oxygen atoms in total. The van der Waals surface area contributed by atoms with Gasteiger partial charge in [-0.1, -0.05) is 12.8 Å². The van der Waals surface area contributed by atoms with Crippen molar-refractivity contribution in [2.24, 2.45) is 0 Å². The van der Waals surface area contributed by atoms with Crippen LogP contribution in [0.2, 0.25) is 0 Å². The topological polar surface area (TPSA) is 35.6 Å². The van der Waals surface area contributed by atoms with Crippen LogP contribution in [-0.4, -0.2) is 61.0 Å². The quantitative estimate of drug-likeness (QED) is 0.668. The molecule has 16 heavy (non-hydrogen) atoms. The van der Waals surface area contributed by atoms with Crippen LogP contribution in [-0.2, 0) is 4.79 Å². The zero-order chi connectivity index (χ0) is 12.0. The summed E-state index contributed by atoms with van der Waals surface area (Å²) < 4.78 is 0. The number of amides is 1. The van der Waals surface area contributed by atoms with Crippen molar-refractivity contribution in [3.05, 3.63) is 0 Å². The SMILES string of the molecule is C#CCNC(=O)CN1CCN(CC)C(C)C1. The maximum absolute atomic E-state index is 11.5. The molecule has 0 saturated carbocycles. The zero-order valence-corrected chi connectivity index (χ0v) is 10.2. The van der Waals surface area contributed by atoms with Gasteiger partial charge in [-0.3, -0.25) is 14.6 Å². The Balaban J connectivity index is 2.30. The van der Waals surface area contributed by atoms with Crippen LogP contribution >= 0.6 is 0 Å². The molecule has 0 aromatic heterocycles. The van der Waals surface area contributed by atoms with Crippen molar-refractivity contribution in [2.75, 3.05) is 39.3 Å². The number of rotatable bonds is 4. The third kappa shape index (κ3) is 3.84. The van der Waals surface area contributed by atoms with Crippen LogP contribution in [0.25, 0.3) is 0 Å². The van der Waals surface area contributed by atoms with Gasteiger partial charge < -0.3 is 5.32 Å². The Bertz CT molecular complexity index is 272. The lowest BCUT2D eigenvalue weighted by atomic mass is 10.2. The lowest BCUT2D eigenvalue weighted by Crippen LogP contribution is -2.53. The Morgan fingerprint density at radius 2 is 2.31 bits per heavy atom. The molecule has 1 rings (SSSR count). The van der Waals surface area contributed by atoms with Crippen molar-refractivity contribution in [3.63, 3.8) is 0 Å². The Morgan fingerprint density at radius 3 is 2.88 bits per heavy atom. The van der Waals surface area contributed by atoms with Gasteiger partial charge >= 0.3 is 0 Å². The van der Waals surface area contributed by atoms with E-state index in [0.29, 0.717) is 19.1 Å². The van der Waals surface area contributed by atoms with Gasteiger partial charge in [-0.2, -0.15) is 0 Å². The van der Waals surface area contributed by atoms with E-state index in [1.54, 1.807) is 0 Å². The van der Waals surface area contributed by atoms with Crippen LogP contribution in [0.1, 0.15) is 13.8 Å². The summed E-state index contributed by atoms with van der Waals surface area (Å²) in [5.41, 5.74) is 0. The van der Waals surface area contributed by atoms with Gasteiger partial charge in [-0.15, -0.1) is 6.42 Å². The molecule has 0 aromatic carbocycles. The molecule has 0 radical (unpaired) electrons. The van der Waals surface area contributed by atoms with Crippen molar-refractivity contribution in [2.45, 2.75) is 19.9 Å². The summed E-state index contributed by atoms with van der Waals surface area (Å²) in [6, 6.07) is 0.527. The molecule has 1 atom stereocenters. The minimum absolute atomic E-state index is 0.0232. The summed E-state index contributed by atoms with van der Waals surface area (Å²) >= 11 is 0. The molecule has 1 amide bonds. The van der Waals surface area contributed by atoms with E-state index in [1.165, 1.54) is 0 Å². The average Bonchev–Trinajstić information content (AvgIpc) is 2.26. The van der Waals surface area contributed by atoms with E-state index in [9.17, 15) is 4.79 Å². The smallest absolute Gasteiger partial charge is 0.234 e. The molecular weight excluding hydrogens is 202 g/mol. The fraction of sp³-hybridized carbons (Fsp3) is 0.750. The first-order valence-electron chi connectivity index (χ1n) is 5.84. The maximum Gasteiger partial charge on any atom is 0.234 e. The molecule has 4 heteroatoms. The second kappa shape index (κ2) is 6.51. The van der Waals surface area contributed by atoms with Gasteiger partial charge in [0.05, 0.1) is 13.1 Å². The fourth-order valence-corrected chi connectivity index (χ4v) is 2.09. The van der Waals surface area contributed by atoms with Crippen molar-refractivity contribution < 1.29 is 4.79 Å². The number of piperazine rings is 1. The van der Waals surface area contributed by atoms with Crippen molar-refractivity contribution in [3.8, 4) is 12.3 Å². The highest BCUT2D eigenvalue weighted by Gasteiger charge is 2.23. The third-order valence-electron chi connectivity index (χ3n) is 3.01. The molecule has 1 unspecified atom stereocenters. The molecule has 90 valence electrons. The number of carbonyl (C=O) groups excluding carboxylic acids is 1. The molecule has 1 aliphatic heterocycles. The molecule has 1 heterocycles. The number of nitrogens with zero attached hydrogens (tertiary/aromatic N) is 2. The second-order valence-corrected chi connectivity index (χ2v) is 4.19. The maximum atomic E-state index is 11.5. The monoisotopic (exact) mass is 223 g/mol. The molecular formula is C12H21N3O. The fourth-order valence-electron chi connectivity index (χ4n) is 2.09. The van der Waals surface area contributed by atoms with E-state index in [4.69, 9.17) is 6.42 Å². The van der Waals surface area contributed by atoms with Crippen molar-refractivity contribution in [1.82, 2.24) is 15.1 Å².